The molecule has 4 rings (SSSR count). The first-order valence-electron chi connectivity index (χ1n) is 10.4. The van der Waals surface area contributed by atoms with Crippen LogP contribution in [0.3, 0.4) is 0 Å². The number of ether oxygens (including phenoxy) is 2. The van der Waals surface area contributed by atoms with Gasteiger partial charge in [-0.3, -0.25) is 14.5 Å². The third-order valence-corrected chi connectivity index (χ3v) is 5.74. The third kappa shape index (κ3) is 3.82. The fraction of sp³-hybridized carbons (Fsp3) is 0.250. The Morgan fingerprint density at radius 2 is 1.55 bits per heavy atom. The lowest BCUT2D eigenvalue weighted by Crippen LogP contribution is -2.35. The molecule has 0 saturated carbocycles. The number of rotatable bonds is 6. The number of carbonyl (C=O) groups is 4. The minimum absolute atomic E-state index is 0.0796. The molecule has 170 valence electrons. The van der Waals surface area contributed by atoms with E-state index in [9.17, 15) is 19.2 Å². The maximum atomic E-state index is 13.1. The number of methoxy groups -OCH3 is 1. The third-order valence-electron chi connectivity index (χ3n) is 5.74. The van der Waals surface area contributed by atoms with Crippen LogP contribution in [0, 0.1) is 0 Å². The number of aromatic nitrogens is 1. The summed E-state index contributed by atoms with van der Waals surface area (Å²) in [5.41, 5.74) is 2.93. The molecule has 0 aliphatic carbocycles. The van der Waals surface area contributed by atoms with E-state index in [1.165, 1.54) is 7.11 Å². The number of imide groups is 1. The topological polar surface area (TPSA) is 118 Å². The van der Waals surface area contributed by atoms with E-state index in [1.807, 2.05) is 0 Å². The van der Waals surface area contributed by atoms with Crippen LogP contribution in [0.5, 0.6) is 0 Å². The molecule has 1 aromatic carbocycles. The Morgan fingerprint density at radius 3 is 2.09 bits per heavy atom. The van der Waals surface area contributed by atoms with Crippen molar-refractivity contribution in [3.63, 3.8) is 0 Å². The zero-order valence-corrected chi connectivity index (χ0v) is 18.4. The van der Waals surface area contributed by atoms with Gasteiger partial charge in [0.2, 0.25) is 0 Å². The summed E-state index contributed by atoms with van der Waals surface area (Å²) < 4.78 is 10.4. The van der Waals surface area contributed by atoms with Crippen LogP contribution >= 0.6 is 0 Å². The van der Waals surface area contributed by atoms with E-state index in [2.05, 4.69) is 10.3 Å². The number of esters is 2. The predicted molar refractivity (Wildman–Crippen MR) is 117 cm³/mol. The van der Waals surface area contributed by atoms with E-state index in [-0.39, 0.29) is 24.3 Å². The first kappa shape index (κ1) is 22.1. The minimum atomic E-state index is -0.722. The average molecular weight is 449 g/mol. The standard InChI is InChI=1S/C24H23N3O6/c1-13-18(23(30)32-3)20(17-9-6-10-25-17)19(14(2)26-13)24(31)33-12-11-27-21(28)15-7-4-5-8-16(15)22(27)29/h4-10,20,25-26H,11-12H2,1-3H3. The molecule has 2 aliphatic rings. The zero-order chi connectivity index (χ0) is 23.7. The van der Waals surface area contributed by atoms with Gasteiger partial charge in [0.05, 0.1) is 41.8 Å². The number of dihydropyridines is 1. The van der Waals surface area contributed by atoms with Crippen molar-refractivity contribution in [1.29, 1.82) is 0 Å². The van der Waals surface area contributed by atoms with Gasteiger partial charge in [-0.1, -0.05) is 12.1 Å². The van der Waals surface area contributed by atoms with Crippen LogP contribution < -0.4 is 5.32 Å². The maximum absolute atomic E-state index is 13.1. The predicted octanol–water partition coefficient (Wildman–Crippen LogP) is 2.26. The Morgan fingerprint density at radius 1 is 0.939 bits per heavy atom. The van der Waals surface area contributed by atoms with Gasteiger partial charge in [-0.2, -0.15) is 0 Å². The van der Waals surface area contributed by atoms with Gasteiger partial charge in [0.15, 0.2) is 0 Å². The Kier molecular flexibility index (Phi) is 5.87. The molecular weight excluding hydrogens is 426 g/mol. The number of aromatic amines is 1. The van der Waals surface area contributed by atoms with E-state index >= 15 is 0 Å². The summed E-state index contributed by atoms with van der Waals surface area (Å²) in [7, 11) is 1.28. The van der Waals surface area contributed by atoms with Crippen LogP contribution in [-0.4, -0.2) is 53.9 Å². The molecule has 3 heterocycles. The average Bonchev–Trinajstić information content (AvgIpc) is 3.41. The summed E-state index contributed by atoms with van der Waals surface area (Å²) >= 11 is 0. The quantitative estimate of drug-likeness (QED) is 0.513. The number of benzene rings is 1. The normalized spacial score (nSPS) is 17.8. The highest BCUT2D eigenvalue weighted by molar-refractivity contribution is 6.21. The van der Waals surface area contributed by atoms with Gasteiger partial charge in [-0.25, -0.2) is 9.59 Å². The smallest absolute Gasteiger partial charge is 0.336 e. The number of H-pyrrole nitrogens is 1. The van der Waals surface area contributed by atoms with Crippen LogP contribution in [-0.2, 0) is 19.1 Å². The minimum Gasteiger partial charge on any atom is -0.466 e. The Bertz CT molecular complexity index is 1170. The van der Waals surface area contributed by atoms with Crippen molar-refractivity contribution in [1.82, 2.24) is 15.2 Å². The van der Waals surface area contributed by atoms with Crippen LogP contribution in [0.4, 0.5) is 0 Å². The molecule has 2 N–H and O–H groups in total. The van der Waals surface area contributed by atoms with Crippen LogP contribution in [0.15, 0.2) is 65.1 Å². The van der Waals surface area contributed by atoms with Crippen molar-refractivity contribution >= 4 is 23.8 Å². The second-order valence-electron chi connectivity index (χ2n) is 7.70. The highest BCUT2D eigenvalue weighted by atomic mass is 16.5. The van der Waals surface area contributed by atoms with Crippen LogP contribution in [0.25, 0.3) is 0 Å². The number of allylic oxidation sites excluding steroid dienone is 2. The molecule has 33 heavy (non-hydrogen) atoms. The summed E-state index contributed by atoms with van der Waals surface area (Å²) in [5, 5.41) is 3.05. The summed E-state index contributed by atoms with van der Waals surface area (Å²) in [6.07, 6.45) is 1.70. The molecule has 0 radical (unpaired) electrons. The first-order valence-corrected chi connectivity index (χ1v) is 10.4. The first-order chi connectivity index (χ1) is 15.8. The number of hydrogen-bond donors (Lipinski definition) is 2. The number of fused-ring (bicyclic) bond motifs is 1. The number of hydrogen-bond acceptors (Lipinski definition) is 7. The zero-order valence-electron chi connectivity index (χ0n) is 18.4. The van der Waals surface area contributed by atoms with E-state index in [4.69, 9.17) is 9.47 Å². The van der Waals surface area contributed by atoms with Crippen LogP contribution in [0.1, 0.15) is 46.2 Å². The van der Waals surface area contributed by atoms with Gasteiger partial charge in [-0.15, -0.1) is 0 Å². The molecule has 0 saturated heterocycles. The number of amides is 2. The van der Waals surface area contributed by atoms with Gasteiger partial charge < -0.3 is 19.8 Å². The lowest BCUT2D eigenvalue weighted by Gasteiger charge is -2.29. The number of nitrogens with one attached hydrogen (secondary N) is 2. The van der Waals surface area contributed by atoms with Crippen molar-refractivity contribution in [2.24, 2.45) is 0 Å². The van der Waals surface area contributed by atoms with Crippen molar-refractivity contribution in [3.8, 4) is 0 Å². The van der Waals surface area contributed by atoms with Gasteiger partial charge in [-0.05, 0) is 38.1 Å². The van der Waals surface area contributed by atoms with Gasteiger partial charge in [0.1, 0.15) is 6.61 Å². The van der Waals surface area contributed by atoms with Gasteiger partial charge in [0.25, 0.3) is 11.8 Å². The van der Waals surface area contributed by atoms with Crippen LogP contribution in [0.2, 0.25) is 0 Å². The molecule has 9 nitrogen and oxygen atoms in total. The molecule has 1 aromatic heterocycles. The molecule has 2 amide bonds. The molecule has 2 aliphatic heterocycles. The fourth-order valence-corrected chi connectivity index (χ4v) is 4.23. The molecule has 0 fully saturated rings. The SMILES string of the molecule is COC(=O)C1=C(C)NC(C)=C(C(=O)OCCN2C(=O)c3ccccc3C2=O)C1c1ccc[nH]1. The summed E-state index contributed by atoms with van der Waals surface area (Å²) in [6, 6.07) is 10.1. The molecule has 1 atom stereocenters. The molecule has 9 heteroatoms. The fourth-order valence-electron chi connectivity index (χ4n) is 4.23. The number of nitrogens with zero attached hydrogens (tertiary/aromatic N) is 1. The second-order valence-corrected chi connectivity index (χ2v) is 7.70. The lowest BCUT2D eigenvalue weighted by atomic mass is 9.83. The summed E-state index contributed by atoms with van der Waals surface area (Å²) in [5.74, 6) is -2.79. The monoisotopic (exact) mass is 449 g/mol. The molecule has 0 spiro atoms. The van der Waals surface area contributed by atoms with E-state index < -0.39 is 29.7 Å². The van der Waals surface area contributed by atoms with E-state index in [0.717, 1.165) is 4.90 Å². The van der Waals surface area contributed by atoms with Gasteiger partial charge >= 0.3 is 11.9 Å². The van der Waals surface area contributed by atoms with Crippen molar-refractivity contribution in [2.45, 2.75) is 19.8 Å². The van der Waals surface area contributed by atoms with Crippen molar-refractivity contribution < 1.29 is 28.7 Å². The van der Waals surface area contributed by atoms with E-state index in [0.29, 0.717) is 28.2 Å². The molecule has 0 bridgehead atoms. The Balaban J connectivity index is 1.52. The highest BCUT2D eigenvalue weighted by Gasteiger charge is 2.39. The molecular formula is C24H23N3O6. The number of carbonyl (C=O) groups excluding carboxylic acids is 4. The molecule has 2 aromatic rings. The summed E-state index contributed by atoms with van der Waals surface area (Å²) in [4.78, 5) is 54.8. The maximum Gasteiger partial charge on any atom is 0.336 e. The Labute approximate surface area is 190 Å². The van der Waals surface area contributed by atoms with Crippen molar-refractivity contribution in [3.05, 3.63) is 82.0 Å². The highest BCUT2D eigenvalue weighted by Crippen LogP contribution is 2.38. The lowest BCUT2D eigenvalue weighted by molar-refractivity contribution is -0.139. The Hall–Kier alpha value is -4.14. The summed E-state index contributed by atoms with van der Waals surface area (Å²) in [6.45, 7) is 3.18. The molecule has 1 unspecified atom stereocenters. The largest absolute Gasteiger partial charge is 0.466 e. The van der Waals surface area contributed by atoms with E-state index in [1.54, 1.807) is 56.4 Å². The van der Waals surface area contributed by atoms with Crippen molar-refractivity contribution in [2.75, 3.05) is 20.3 Å². The van der Waals surface area contributed by atoms with Gasteiger partial charge in [0, 0.05) is 23.3 Å². The second kappa shape index (κ2) is 8.78.